The van der Waals surface area contributed by atoms with E-state index in [4.69, 9.17) is 9.47 Å². The highest BCUT2D eigenvalue weighted by Crippen LogP contribution is 2.34. The Morgan fingerprint density at radius 3 is 3.00 bits per heavy atom. The molecule has 2 aromatic rings. The predicted octanol–water partition coefficient (Wildman–Crippen LogP) is 0.192. The molecule has 1 N–H and O–H groups in total. The van der Waals surface area contributed by atoms with E-state index in [1.54, 1.807) is 16.0 Å². The lowest BCUT2D eigenvalue weighted by atomic mass is 10.1. The zero-order valence-corrected chi connectivity index (χ0v) is 14.8. The van der Waals surface area contributed by atoms with Crippen molar-refractivity contribution in [3.63, 3.8) is 0 Å². The van der Waals surface area contributed by atoms with Gasteiger partial charge in [0.15, 0.2) is 5.69 Å². The molecule has 0 aromatic carbocycles. The lowest BCUT2D eigenvalue weighted by Gasteiger charge is -2.17. The van der Waals surface area contributed by atoms with Gasteiger partial charge in [0.1, 0.15) is 18.2 Å². The minimum atomic E-state index is -0.544. The summed E-state index contributed by atoms with van der Waals surface area (Å²) in [5.41, 5.74) is 0.134. The molecule has 26 heavy (non-hydrogen) atoms. The van der Waals surface area contributed by atoms with Crippen molar-refractivity contribution >= 4 is 23.2 Å². The van der Waals surface area contributed by atoms with Crippen molar-refractivity contribution in [3.05, 3.63) is 34.3 Å². The number of aromatic nitrogens is 3. The van der Waals surface area contributed by atoms with Crippen molar-refractivity contribution in [2.45, 2.75) is 30.7 Å². The fraction of sp³-hybridized carbons (Fsp3) is 0.500. The Bertz CT molecular complexity index is 792. The number of nitrogens with one attached hydrogen (secondary N) is 1. The van der Waals surface area contributed by atoms with Crippen molar-refractivity contribution in [3.8, 4) is 0 Å². The summed E-state index contributed by atoms with van der Waals surface area (Å²) >= 11 is 1.55. The van der Waals surface area contributed by atoms with E-state index in [2.05, 4.69) is 20.4 Å². The van der Waals surface area contributed by atoms with Gasteiger partial charge in [0.2, 0.25) is 5.91 Å². The van der Waals surface area contributed by atoms with Gasteiger partial charge >= 0.3 is 5.97 Å². The van der Waals surface area contributed by atoms with Crippen molar-refractivity contribution in [2.24, 2.45) is 0 Å². The molecule has 0 aliphatic carbocycles. The molecule has 138 valence electrons. The maximum Gasteiger partial charge on any atom is 0.360 e. The smallest absolute Gasteiger partial charge is 0.360 e. The molecular weight excluding hydrogens is 360 g/mol. The largest absolute Gasteiger partial charge is 0.464 e. The van der Waals surface area contributed by atoms with Crippen molar-refractivity contribution in [2.75, 3.05) is 20.3 Å². The van der Waals surface area contributed by atoms with E-state index >= 15 is 0 Å². The number of rotatable bonds is 5. The van der Waals surface area contributed by atoms with Gasteiger partial charge in [0.05, 0.1) is 39.0 Å². The summed E-state index contributed by atoms with van der Waals surface area (Å²) in [6, 6.07) is 3.45. The Hall–Kier alpha value is -2.30. The molecule has 9 nitrogen and oxygen atoms in total. The number of ether oxygens (including phenoxy) is 3. The minimum Gasteiger partial charge on any atom is -0.464 e. The molecule has 4 atom stereocenters. The van der Waals surface area contributed by atoms with Gasteiger partial charge in [0, 0.05) is 4.88 Å². The molecule has 1 amide bonds. The lowest BCUT2D eigenvalue weighted by molar-refractivity contribution is -0.121. The number of carbonyl (C=O) groups excluding carboxylic acids is 2. The Labute approximate surface area is 153 Å². The first kappa shape index (κ1) is 17.1. The Balaban J connectivity index is 1.38. The van der Waals surface area contributed by atoms with Crippen LogP contribution >= 0.6 is 11.3 Å². The highest BCUT2D eigenvalue weighted by atomic mass is 32.1. The fourth-order valence-corrected chi connectivity index (χ4v) is 4.00. The third-order valence-corrected chi connectivity index (χ3v) is 5.41. The quantitative estimate of drug-likeness (QED) is 0.741. The van der Waals surface area contributed by atoms with E-state index in [1.807, 2.05) is 17.5 Å². The molecule has 0 saturated carbocycles. The second-order valence-corrected chi connectivity index (χ2v) is 7.20. The first-order valence-corrected chi connectivity index (χ1v) is 9.09. The molecule has 2 aromatic heterocycles. The molecule has 0 spiro atoms. The van der Waals surface area contributed by atoms with Gasteiger partial charge in [-0.05, 0) is 11.4 Å². The average molecular weight is 378 g/mol. The van der Waals surface area contributed by atoms with Crippen LogP contribution in [-0.4, -0.2) is 65.4 Å². The van der Waals surface area contributed by atoms with Crippen molar-refractivity contribution < 1.29 is 23.8 Å². The Morgan fingerprint density at radius 1 is 1.38 bits per heavy atom. The van der Waals surface area contributed by atoms with Crippen LogP contribution in [0.15, 0.2) is 23.7 Å². The highest BCUT2D eigenvalue weighted by Gasteiger charge is 2.49. The number of hydrogen-bond acceptors (Lipinski definition) is 8. The van der Waals surface area contributed by atoms with Crippen LogP contribution in [0.3, 0.4) is 0 Å². The summed E-state index contributed by atoms with van der Waals surface area (Å²) in [5, 5.41) is 12.7. The van der Waals surface area contributed by atoms with E-state index in [9.17, 15) is 9.59 Å². The Morgan fingerprint density at radius 2 is 2.23 bits per heavy atom. The van der Waals surface area contributed by atoms with Crippen molar-refractivity contribution in [1.82, 2.24) is 20.3 Å². The summed E-state index contributed by atoms with van der Waals surface area (Å²) in [5.74, 6) is -0.597. The van der Waals surface area contributed by atoms with Gasteiger partial charge in [0.25, 0.3) is 0 Å². The standard InChI is InChI=1S/C16H18N4O5S/c1-23-16(22)10-6-20(19-18-10)12-8-25-14-11(7-24-15(12)14)17-13(21)5-9-3-2-4-26-9/h2-4,6,11-12,14-15H,5,7-8H2,1H3,(H,17,21)/t11-,12-,14+,15+/m0/s1. The van der Waals surface area contributed by atoms with Crippen LogP contribution in [0.25, 0.3) is 0 Å². The topological polar surface area (TPSA) is 105 Å². The van der Waals surface area contributed by atoms with E-state index < -0.39 is 5.97 Å². The zero-order valence-electron chi connectivity index (χ0n) is 14.0. The third-order valence-electron chi connectivity index (χ3n) is 4.53. The molecule has 2 fully saturated rings. The summed E-state index contributed by atoms with van der Waals surface area (Å²) in [6.07, 6.45) is 1.36. The van der Waals surface area contributed by atoms with E-state index in [1.165, 1.54) is 13.3 Å². The van der Waals surface area contributed by atoms with E-state index in [0.29, 0.717) is 19.6 Å². The molecule has 0 radical (unpaired) electrons. The normalized spacial score (nSPS) is 27.3. The van der Waals surface area contributed by atoms with Gasteiger partial charge in [-0.3, -0.25) is 4.79 Å². The van der Waals surface area contributed by atoms with Gasteiger partial charge in [-0.2, -0.15) is 0 Å². The first-order chi connectivity index (χ1) is 12.7. The molecule has 4 rings (SSSR count). The molecular formula is C16H18N4O5S. The van der Waals surface area contributed by atoms with E-state index in [0.717, 1.165) is 4.88 Å². The molecule has 2 aliphatic rings. The number of thiophene rings is 1. The SMILES string of the molecule is COC(=O)c1cn([C@H]2CO[C@H]3[C@@H]2OC[C@@H]3NC(=O)Cc2cccs2)nn1. The van der Waals surface area contributed by atoms with Gasteiger partial charge < -0.3 is 19.5 Å². The number of amides is 1. The number of methoxy groups -OCH3 is 1. The second-order valence-electron chi connectivity index (χ2n) is 6.17. The molecule has 0 bridgehead atoms. The molecule has 0 unspecified atom stereocenters. The summed E-state index contributed by atoms with van der Waals surface area (Å²) < 4.78 is 17.9. The minimum absolute atomic E-state index is 0.0533. The fourth-order valence-electron chi connectivity index (χ4n) is 3.30. The van der Waals surface area contributed by atoms with Crippen LogP contribution in [0.2, 0.25) is 0 Å². The van der Waals surface area contributed by atoms with Crippen LogP contribution in [0, 0.1) is 0 Å². The highest BCUT2D eigenvalue weighted by molar-refractivity contribution is 7.10. The second kappa shape index (κ2) is 7.14. The summed E-state index contributed by atoms with van der Waals surface area (Å²) in [4.78, 5) is 24.8. The van der Waals surface area contributed by atoms with Crippen LogP contribution in [0.1, 0.15) is 21.4 Å². The number of hydrogen-bond donors (Lipinski definition) is 1. The molecule has 4 heterocycles. The molecule has 2 aliphatic heterocycles. The van der Waals surface area contributed by atoms with Crippen LogP contribution in [-0.2, 0) is 25.4 Å². The monoisotopic (exact) mass is 378 g/mol. The maximum atomic E-state index is 12.2. The van der Waals surface area contributed by atoms with Crippen LogP contribution in [0.4, 0.5) is 0 Å². The summed E-state index contributed by atoms with van der Waals surface area (Å²) in [6.45, 7) is 0.747. The average Bonchev–Trinajstić information content (AvgIpc) is 3.39. The molecule has 10 heteroatoms. The maximum absolute atomic E-state index is 12.2. The number of fused-ring (bicyclic) bond motifs is 1. The summed E-state index contributed by atoms with van der Waals surface area (Å²) in [7, 11) is 1.29. The number of esters is 1. The predicted molar refractivity (Wildman–Crippen MR) is 89.8 cm³/mol. The Kier molecular flexibility index (Phi) is 4.70. The van der Waals surface area contributed by atoms with Gasteiger partial charge in [-0.25, -0.2) is 9.48 Å². The lowest BCUT2D eigenvalue weighted by Crippen LogP contribution is -2.44. The number of nitrogens with zero attached hydrogens (tertiary/aromatic N) is 3. The van der Waals surface area contributed by atoms with E-state index in [-0.39, 0.29) is 35.9 Å². The number of carbonyl (C=O) groups is 2. The van der Waals surface area contributed by atoms with Gasteiger partial charge in [-0.1, -0.05) is 11.3 Å². The third kappa shape index (κ3) is 3.22. The van der Waals surface area contributed by atoms with Gasteiger partial charge in [-0.15, -0.1) is 16.4 Å². The zero-order chi connectivity index (χ0) is 18.1. The van der Waals surface area contributed by atoms with Crippen molar-refractivity contribution in [1.29, 1.82) is 0 Å². The molecule has 2 saturated heterocycles. The van der Waals surface area contributed by atoms with Crippen LogP contribution < -0.4 is 5.32 Å². The first-order valence-electron chi connectivity index (χ1n) is 8.21. The van der Waals surface area contributed by atoms with Crippen LogP contribution in [0.5, 0.6) is 0 Å².